The average molecular weight is 249 g/mol. The molecule has 1 aliphatic carbocycles. The maximum atomic E-state index is 13.4. The van der Waals surface area contributed by atoms with Gasteiger partial charge in [-0.25, -0.2) is 4.39 Å². The van der Waals surface area contributed by atoms with Gasteiger partial charge in [-0.3, -0.25) is 0 Å². The molecule has 3 atom stereocenters. The van der Waals surface area contributed by atoms with E-state index in [1.165, 1.54) is 25.3 Å². The van der Waals surface area contributed by atoms with E-state index >= 15 is 0 Å². The van der Waals surface area contributed by atoms with Gasteiger partial charge in [-0.05, 0) is 61.8 Å². The van der Waals surface area contributed by atoms with E-state index in [0.717, 1.165) is 17.4 Å². The molecule has 0 heterocycles. The van der Waals surface area contributed by atoms with Crippen molar-refractivity contribution in [2.24, 2.45) is 17.8 Å². The van der Waals surface area contributed by atoms with Crippen LogP contribution in [0.2, 0.25) is 0 Å². The second kappa shape index (κ2) is 5.83. The summed E-state index contributed by atoms with van der Waals surface area (Å²) in [5.41, 5.74) is 1.09. The van der Waals surface area contributed by atoms with Crippen LogP contribution in [0, 0.1) is 23.6 Å². The summed E-state index contributed by atoms with van der Waals surface area (Å²) in [6.45, 7) is 4.67. The van der Waals surface area contributed by atoms with Crippen molar-refractivity contribution < 1.29 is 4.39 Å². The van der Waals surface area contributed by atoms with Crippen LogP contribution in [0.5, 0.6) is 0 Å². The molecule has 0 amide bonds. The fraction of sp³-hybridized carbons (Fsp3) is 0.625. The molecule has 0 aliphatic heterocycles. The van der Waals surface area contributed by atoms with E-state index in [-0.39, 0.29) is 11.9 Å². The van der Waals surface area contributed by atoms with E-state index in [9.17, 15) is 4.39 Å². The molecule has 1 nitrogen and oxygen atoms in total. The first kappa shape index (κ1) is 13.5. The first-order valence-corrected chi connectivity index (χ1v) is 7.03. The smallest absolute Gasteiger partial charge is 0.123 e. The largest absolute Gasteiger partial charge is 0.313 e. The van der Waals surface area contributed by atoms with Crippen molar-refractivity contribution in [1.82, 2.24) is 5.32 Å². The first-order chi connectivity index (χ1) is 8.60. The zero-order valence-corrected chi connectivity index (χ0v) is 11.6. The van der Waals surface area contributed by atoms with Gasteiger partial charge >= 0.3 is 0 Å². The van der Waals surface area contributed by atoms with E-state index in [1.54, 1.807) is 6.07 Å². The van der Waals surface area contributed by atoms with Crippen LogP contribution in [0.25, 0.3) is 0 Å². The van der Waals surface area contributed by atoms with E-state index in [0.29, 0.717) is 5.92 Å². The number of nitrogens with one attached hydrogen (secondary N) is 1. The van der Waals surface area contributed by atoms with Crippen molar-refractivity contribution in [3.05, 3.63) is 35.6 Å². The highest BCUT2D eigenvalue weighted by atomic mass is 19.1. The summed E-state index contributed by atoms with van der Waals surface area (Å²) in [4.78, 5) is 0. The molecule has 0 saturated heterocycles. The second-order valence-electron chi connectivity index (χ2n) is 6.00. The zero-order chi connectivity index (χ0) is 13.1. The normalized spacial score (nSPS) is 30.1. The third kappa shape index (κ3) is 3.11. The molecule has 1 N–H and O–H groups in total. The molecule has 0 aromatic heterocycles. The van der Waals surface area contributed by atoms with Crippen LogP contribution >= 0.6 is 0 Å². The molecule has 100 valence electrons. The SMILES string of the molecule is CNC(c1cccc(F)c1)C1CC(C)CC(C)C1. The van der Waals surface area contributed by atoms with Crippen molar-refractivity contribution in [1.29, 1.82) is 0 Å². The van der Waals surface area contributed by atoms with Gasteiger partial charge in [-0.2, -0.15) is 0 Å². The molecular weight excluding hydrogens is 225 g/mol. The van der Waals surface area contributed by atoms with Crippen molar-refractivity contribution in [2.75, 3.05) is 7.05 Å². The van der Waals surface area contributed by atoms with Gasteiger partial charge in [0.25, 0.3) is 0 Å². The van der Waals surface area contributed by atoms with Gasteiger partial charge in [0.1, 0.15) is 5.82 Å². The monoisotopic (exact) mass is 249 g/mol. The minimum absolute atomic E-state index is 0.135. The fourth-order valence-electron chi connectivity index (χ4n) is 3.66. The number of rotatable bonds is 3. The summed E-state index contributed by atoms with van der Waals surface area (Å²) in [6.07, 6.45) is 3.81. The summed E-state index contributed by atoms with van der Waals surface area (Å²) in [6, 6.07) is 7.32. The Bertz CT molecular complexity index is 380. The number of hydrogen-bond donors (Lipinski definition) is 1. The lowest BCUT2D eigenvalue weighted by Crippen LogP contribution is -2.31. The number of hydrogen-bond acceptors (Lipinski definition) is 1. The summed E-state index contributed by atoms with van der Waals surface area (Å²) in [5.74, 6) is 2.05. The lowest BCUT2D eigenvalue weighted by molar-refractivity contribution is 0.180. The highest BCUT2D eigenvalue weighted by Gasteiger charge is 2.30. The van der Waals surface area contributed by atoms with Gasteiger partial charge in [-0.15, -0.1) is 0 Å². The van der Waals surface area contributed by atoms with Crippen molar-refractivity contribution in [3.8, 4) is 0 Å². The molecule has 1 aromatic rings. The van der Waals surface area contributed by atoms with Crippen LogP contribution in [-0.4, -0.2) is 7.05 Å². The molecule has 0 bridgehead atoms. The predicted molar refractivity (Wildman–Crippen MR) is 73.9 cm³/mol. The molecule has 0 spiro atoms. The van der Waals surface area contributed by atoms with Gasteiger partial charge in [-0.1, -0.05) is 26.0 Å². The third-order valence-corrected chi connectivity index (χ3v) is 4.21. The Morgan fingerprint density at radius 3 is 2.39 bits per heavy atom. The second-order valence-corrected chi connectivity index (χ2v) is 6.00. The standard InChI is InChI=1S/C16H24FN/c1-11-7-12(2)9-14(8-11)16(18-3)13-5-4-6-15(17)10-13/h4-6,10-12,14,16,18H,7-9H2,1-3H3. The fourth-order valence-corrected chi connectivity index (χ4v) is 3.66. The molecular formula is C16H24FN. The Hall–Kier alpha value is -0.890. The van der Waals surface area contributed by atoms with Crippen molar-refractivity contribution in [2.45, 2.75) is 39.2 Å². The summed E-state index contributed by atoms with van der Waals surface area (Å²) in [5, 5.41) is 3.39. The third-order valence-electron chi connectivity index (χ3n) is 4.21. The molecule has 18 heavy (non-hydrogen) atoms. The maximum absolute atomic E-state index is 13.4. The molecule has 2 heteroatoms. The van der Waals surface area contributed by atoms with Crippen LogP contribution < -0.4 is 5.32 Å². The Morgan fingerprint density at radius 2 is 1.83 bits per heavy atom. The topological polar surface area (TPSA) is 12.0 Å². The number of benzene rings is 1. The average Bonchev–Trinajstić information content (AvgIpc) is 2.28. The Balaban J connectivity index is 2.17. The predicted octanol–water partition coefficient (Wildman–Crippen LogP) is 4.16. The molecule has 1 aliphatic rings. The quantitative estimate of drug-likeness (QED) is 0.848. The molecule has 0 radical (unpaired) electrons. The maximum Gasteiger partial charge on any atom is 0.123 e. The van der Waals surface area contributed by atoms with Crippen LogP contribution in [0.4, 0.5) is 4.39 Å². The summed E-state index contributed by atoms with van der Waals surface area (Å²) < 4.78 is 13.4. The van der Waals surface area contributed by atoms with Crippen LogP contribution in [0.1, 0.15) is 44.7 Å². The van der Waals surface area contributed by atoms with E-state index in [1.807, 2.05) is 19.2 Å². The lowest BCUT2D eigenvalue weighted by atomic mass is 9.72. The molecule has 1 saturated carbocycles. The summed E-state index contributed by atoms with van der Waals surface area (Å²) in [7, 11) is 1.99. The van der Waals surface area contributed by atoms with Gasteiger partial charge in [0.05, 0.1) is 0 Å². The van der Waals surface area contributed by atoms with Gasteiger partial charge < -0.3 is 5.32 Å². The number of halogens is 1. The van der Waals surface area contributed by atoms with E-state index in [4.69, 9.17) is 0 Å². The Morgan fingerprint density at radius 1 is 1.17 bits per heavy atom. The minimum atomic E-state index is -0.135. The van der Waals surface area contributed by atoms with Gasteiger partial charge in [0.2, 0.25) is 0 Å². The van der Waals surface area contributed by atoms with Gasteiger partial charge in [0.15, 0.2) is 0 Å². The molecule has 1 aromatic carbocycles. The molecule has 1 fully saturated rings. The van der Waals surface area contributed by atoms with Crippen LogP contribution in [0.15, 0.2) is 24.3 Å². The molecule has 3 unspecified atom stereocenters. The van der Waals surface area contributed by atoms with Crippen LogP contribution in [-0.2, 0) is 0 Å². The van der Waals surface area contributed by atoms with Crippen molar-refractivity contribution in [3.63, 3.8) is 0 Å². The summed E-state index contributed by atoms with van der Waals surface area (Å²) >= 11 is 0. The van der Waals surface area contributed by atoms with Gasteiger partial charge in [0, 0.05) is 6.04 Å². The van der Waals surface area contributed by atoms with E-state index in [2.05, 4.69) is 19.2 Å². The lowest BCUT2D eigenvalue weighted by Gasteiger charge is -2.36. The zero-order valence-electron chi connectivity index (χ0n) is 11.6. The minimum Gasteiger partial charge on any atom is -0.313 e. The van der Waals surface area contributed by atoms with Crippen molar-refractivity contribution >= 4 is 0 Å². The van der Waals surface area contributed by atoms with E-state index < -0.39 is 0 Å². The molecule has 2 rings (SSSR count). The highest BCUT2D eigenvalue weighted by molar-refractivity contribution is 5.21. The van der Waals surface area contributed by atoms with Crippen LogP contribution in [0.3, 0.4) is 0 Å². The highest BCUT2D eigenvalue weighted by Crippen LogP contribution is 2.39. The Kier molecular flexibility index (Phi) is 4.39. The Labute approximate surface area is 110 Å². The first-order valence-electron chi connectivity index (χ1n) is 7.03.